The first-order valence-electron chi connectivity index (χ1n) is 4.13. The molecule has 1 atom stereocenters. The second-order valence-electron chi connectivity index (χ2n) is 3.23. The topological polar surface area (TPSA) is 90.2 Å². The Morgan fingerprint density at radius 3 is 2.92 bits per heavy atom. The number of anilines is 2. The molecule has 2 rings (SSSR count). The van der Waals surface area contributed by atoms with E-state index in [0.717, 1.165) is 12.0 Å². The van der Waals surface area contributed by atoms with E-state index < -0.39 is 0 Å². The van der Waals surface area contributed by atoms with Gasteiger partial charge in [-0.2, -0.15) is 9.97 Å². The summed E-state index contributed by atoms with van der Waals surface area (Å²) in [5.41, 5.74) is 12.0. The van der Waals surface area contributed by atoms with Crippen molar-refractivity contribution in [1.29, 1.82) is 0 Å². The molecule has 0 spiro atoms. The largest absolute Gasteiger partial charge is 0.383 e. The Morgan fingerprint density at radius 2 is 2.15 bits per heavy atom. The molecule has 1 aliphatic heterocycles. The Morgan fingerprint density at radius 1 is 1.38 bits per heavy atom. The minimum absolute atomic E-state index is 0.183. The van der Waals surface area contributed by atoms with E-state index in [0.29, 0.717) is 17.6 Å². The smallest absolute Gasteiger partial charge is 0.224 e. The lowest BCUT2D eigenvalue weighted by atomic mass is 10.0. The summed E-state index contributed by atoms with van der Waals surface area (Å²) < 4.78 is 0. The van der Waals surface area contributed by atoms with Gasteiger partial charge in [-0.25, -0.2) is 4.99 Å². The Balaban J connectivity index is 2.56. The number of nitrogens with two attached hydrogens (primary N) is 2. The quantitative estimate of drug-likeness (QED) is 0.605. The van der Waals surface area contributed by atoms with Crippen LogP contribution >= 0.6 is 0 Å². The second-order valence-corrected chi connectivity index (χ2v) is 3.23. The van der Waals surface area contributed by atoms with Gasteiger partial charge in [0.1, 0.15) is 5.82 Å². The van der Waals surface area contributed by atoms with Crippen molar-refractivity contribution >= 4 is 23.8 Å². The molecule has 1 unspecified atom stereocenters. The maximum Gasteiger partial charge on any atom is 0.224 e. The molecule has 13 heavy (non-hydrogen) atoms. The highest BCUT2D eigenvalue weighted by atomic mass is 15.1. The zero-order chi connectivity index (χ0) is 9.42. The predicted octanol–water partition coefficient (Wildman–Crippen LogP) is 0.535. The summed E-state index contributed by atoms with van der Waals surface area (Å²) in [5.74, 6) is 1.64. The average molecular weight is 177 g/mol. The van der Waals surface area contributed by atoms with Crippen LogP contribution in [0.15, 0.2) is 4.99 Å². The molecule has 2 heterocycles. The van der Waals surface area contributed by atoms with Crippen LogP contribution in [0.4, 0.5) is 17.6 Å². The highest BCUT2D eigenvalue weighted by Gasteiger charge is 2.16. The van der Waals surface area contributed by atoms with Gasteiger partial charge in [0.25, 0.3) is 0 Å². The van der Waals surface area contributed by atoms with Gasteiger partial charge in [0.15, 0.2) is 5.82 Å². The molecule has 0 saturated heterocycles. The number of nitrogen functional groups attached to an aromatic ring is 2. The SMILES string of the molecule is CC1C=Nc2nc(N)nc(N)c2C1. The molecular formula is C8H11N5. The fraction of sp³-hybridized carbons (Fsp3) is 0.375. The summed E-state index contributed by atoms with van der Waals surface area (Å²) in [7, 11) is 0. The van der Waals surface area contributed by atoms with Gasteiger partial charge in [-0.15, -0.1) is 0 Å². The van der Waals surface area contributed by atoms with E-state index >= 15 is 0 Å². The van der Waals surface area contributed by atoms with E-state index in [1.54, 1.807) is 0 Å². The lowest BCUT2D eigenvalue weighted by Crippen LogP contribution is -2.12. The standard InChI is InChI=1S/C8H11N5/c1-4-2-5-6(9)12-8(10)13-7(5)11-3-4/h3-4H,2H2,1H3,(H4,9,10,12,13). The van der Waals surface area contributed by atoms with Crippen LogP contribution in [-0.2, 0) is 6.42 Å². The van der Waals surface area contributed by atoms with E-state index in [1.807, 2.05) is 6.21 Å². The van der Waals surface area contributed by atoms with Crippen molar-refractivity contribution in [3.8, 4) is 0 Å². The lowest BCUT2D eigenvalue weighted by molar-refractivity contribution is 0.764. The van der Waals surface area contributed by atoms with Crippen LogP contribution in [-0.4, -0.2) is 16.2 Å². The molecule has 0 radical (unpaired) electrons. The number of fused-ring (bicyclic) bond motifs is 1. The Labute approximate surface area is 75.9 Å². The molecule has 0 bridgehead atoms. The Hall–Kier alpha value is -1.65. The van der Waals surface area contributed by atoms with Gasteiger partial charge in [-0.05, 0) is 12.3 Å². The highest BCUT2D eigenvalue weighted by Crippen LogP contribution is 2.28. The summed E-state index contributed by atoms with van der Waals surface area (Å²) in [5, 5.41) is 0. The van der Waals surface area contributed by atoms with Gasteiger partial charge in [-0.3, -0.25) is 0 Å². The number of hydrogen-bond acceptors (Lipinski definition) is 5. The van der Waals surface area contributed by atoms with Crippen LogP contribution < -0.4 is 11.5 Å². The average Bonchev–Trinajstić information content (AvgIpc) is 2.06. The Bertz CT molecular complexity index is 371. The molecule has 0 saturated carbocycles. The fourth-order valence-electron chi connectivity index (χ4n) is 1.38. The van der Waals surface area contributed by atoms with E-state index in [9.17, 15) is 0 Å². The lowest BCUT2D eigenvalue weighted by Gasteiger charge is -2.15. The van der Waals surface area contributed by atoms with Crippen molar-refractivity contribution in [2.45, 2.75) is 13.3 Å². The molecule has 0 amide bonds. The van der Waals surface area contributed by atoms with Gasteiger partial charge in [0.2, 0.25) is 5.95 Å². The minimum atomic E-state index is 0.183. The van der Waals surface area contributed by atoms with Gasteiger partial charge in [0.05, 0.1) is 0 Å². The first kappa shape index (κ1) is 7.97. The van der Waals surface area contributed by atoms with Crippen LogP contribution in [0.2, 0.25) is 0 Å². The van der Waals surface area contributed by atoms with Crippen molar-refractivity contribution in [3.63, 3.8) is 0 Å². The van der Waals surface area contributed by atoms with Crippen LogP contribution in [0.1, 0.15) is 12.5 Å². The molecule has 68 valence electrons. The molecule has 4 N–H and O–H groups in total. The summed E-state index contributed by atoms with van der Waals surface area (Å²) in [4.78, 5) is 12.0. The molecule has 5 heteroatoms. The normalized spacial score (nSPS) is 19.9. The third kappa shape index (κ3) is 1.32. The molecule has 1 aliphatic rings. The monoisotopic (exact) mass is 177 g/mol. The van der Waals surface area contributed by atoms with E-state index in [-0.39, 0.29) is 5.95 Å². The van der Waals surface area contributed by atoms with Crippen molar-refractivity contribution in [2.24, 2.45) is 10.9 Å². The van der Waals surface area contributed by atoms with Crippen LogP contribution in [0, 0.1) is 5.92 Å². The van der Waals surface area contributed by atoms with Gasteiger partial charge in [-0.1, -0.05) is 6.92 Å². The minimum Gasteiger partial charge on any atom is -0.383 e. The van der Waals surface area contributed by atoms with E-state index in [4.69, 9.17) is 11.5 Å². The summed E-state index contributed by atoms with van der Waals surface area (Å²) in [6.07, 6.45) is 2.69. The Kier molecular flexibility index (Phi) is 1.65. The number of hydrogen-bond donors (Lipinski definition) is 2. The zero-order valence-electron chi connectivity index (χ0n) is 7.36. The fourth-order valence-corrected chi connectivity index (χ4v) is 1.38. The summed E-state index contributed by atoms with van der Waals surface area (Å²) in [6.45, 7) is 2.07. The summed E-state index contributed by atoms with van der Waals surface area (Å²) in [6, 6.07) is 0. The third-order valence-electron chi connectivity index (χ3n) is 2.01. The molecule has 0 aliphatic carbocycles. The molecule has 0 fully saturated rings. The highest BCUT2D eigenvalue weighted by molar-refractivity contribution is 5.72. The van der Waals surface area contributed by atoms with Crippen molar-refractivity contribution in [2.75, 3.05) is 11.5 Å². The maximum atomic E-state index is 5.70. The maximum absolute atomic E-state index is 5.70. The van der Waals surface area contributed by atoms with Crippen molar-refractivity contribution in [3.05, 3.63) is 5.56 Å². The van der Waals surface area contributed by atoms with Gasteiger partial charge < -0.3 is 11.5 Å². The molecule has 1 aromatic rings. The number of rotatable bonds is 0. The first-order chi connectivity index (χ1) is 6.16. The second kappa shape index (κ2) is 2.69. The van der Waals surface area contributed by atoms with Crippen molar-refractivity contribution < 1.29 is 0 Å². The predicted molar refractivity (Wildman–Crippen MR) is 51.9 cm³/mol. The van der Waals surface area contributed by atoms with Crippen LogP contribution in [0.5, 0.6) is 0 Å². The van der Waals surface area contributed by atoms with Gasteiger partial charge >= 0.3 is 0 Å². The third-order valence-corrected chi connectivity index (χ3v) is 2.01. The molecule has 0 aromatic carbocycles. The first-order valence-corrected chi connectivity index (χ1v) is 4.13. The van der Waals surface area contributed by atoms with Gasteiger partial charge in [0, 0.05) is 11.8 Å². The number of aromatic nitrogens is 2. The number of nitrogens with zero attached hydrogens (tertiary/aromatic N) is 3. The molecular weight excluding hydrogens is 166 g/mol. The zero-order valence-corrected chi connectivity index (χ0v) is 7.36. The van der Waals surface area contributed by atoms with E-state index in [2.05, 4.69) is 21.9 Å². The molecule has 1 aromatic heterocycles. The number of aliphatic imine (C=N–C) groups is 1. The summed E-state index contributed by atoms with van der Waals surface area (Å²) >= 11 is 0. The van der Waals surface area contributed by atoms with E-state index in [1.165, 1.54) is 0 Å². The van der Waals surface area contributed by atoms with Crippen LogP contribution in [0.25, 0.3) is 0 Å². The van der Waals surface area contributed by atoms with Crippen molar-refractivity contribution in [1.82, 2.24) is 9.97 Å². The molecule has 5 nitrogen and oxygen atoms in total. The van der Waals surface area contributed by atoms with Crippen LogP contribution in [0.3, 0.4) is 0 Å².